The van der Waals surface area contributed by atoms with Crippen LogP contribution in [-0.4, -0.2) is 30.4 Å². The van der Waals surface area contributed by atoms with Crippen LogP contribution in [0.2, 0.25) is 0 Å². The Morgan fingerprint density at radius 1 is 1.42 bits per heavy atom. The maximum Gasteiger partial charge on any atom is 0.328 e. The average Bonchev–Trinajstić information content (AvgIpc) is 2.33. The van der Waals surface area contributed by atoms with E-state index >= 15 is 0 Å². The zero-order chi connectivity index (χ0) is 14.3. The first-order valence-corrected chi connectivity index (χ1v) is 6.73. The Hall–Kier alpha value is -1.33. The molecule has 1 aromatic rings. The molecule has 0 bridgehead atoms. The smallest absolute Gasteiger partial charge is 0.328 e. The molecule has 1 aromatic carbocycles. The molecule has 0 atom stereocenters. The van der Waals surface area contributed by atoms with Gasteiger partial charge in [0, 0.05) is 6.08 Å². The van der Waals surface area contributed by atoms with Crippen LogP contribution in [0, 0.1) is 0 Å². The number of hydrogen-bond acceptors (Lipinski definition) is 3. The summed E-state index contributed by atoms with van der Waals surface area (Å²) in [6.45, 7) is 4.95. The molecular formula is C14H17BrO4. The van der Waals surface area contributed by atoms with Crippen molar-refractivity contribution in [2.24, 2.45) is 0 Å². The van der Waals surface area contributed by atoms with E-state index in [2.05, 4.69) is 15.9 Å². The van der Waals surface area contributed by atoms with Gasteiger partial charge in [0.2, 0.25) is 0 Å². The molecule has 5 heteroatoms. The molecule has 0 unspecified atom stereocenters. The number of halogens is 1. The van der Waals surface area contributed by atoms with E-state index in [4.69, 9.17) is 14.6 Å². The van der Waals surface area contributed by atoms with Gasteiger partial charge in [-0.3, -0.25) is 0 Å². The van der Waals surface area contributed by atoms with Crippen LogP contribution in [0.3, 0.4) is 0 Å². The minimum absolute atomic E-state index is 0.190. The fourth-order valence-electron chi connectivity index (χ4n) is 1.34. The number of benzene rings is 1. The molecular weight excluding hydrogens is 312 g/mol. The lowest BCUT2D eigenvalue weighted by molar-refractivity contribution is -0.131. The molecule has 1 N–H and O–H groups in total. The van der Waals surface area contributed by atoms with Crippen LogP contribution in [0.5, 0.6) is 5.75 Å². The molecule has 0 aromatic heterocycles. The molecule has 0 saturated heterocycles. The van der Waals surface area contributed by atoms with E-state index < -0.39 is 5.97 Å². The van der Waals surface area contributed by atoms with Gasteiger partial charge < -0.3 is 14.6 Å². The van der Waals surface area contributed by atoms with Gasteiger partial charge in [0.05, 0.1) is 17.2 Å². The second-order valence-corrected chi connectivity index (χ2v) is 4.98. The summed E-state index contributed by atoms with van der Waals surface area (Å²) in [6, 6.07) is 5.39. The number of aliphatic carboxylic acids is 1. The first-order valence-electron chi connectivity index (χ1n) is 5.94. The van der Waals surface area contributed by atoms with Gasteiger partial charge in [-0.1, -0.05) is 6.07 Å². The zero-order valence-electron chi connectivity index (χ0n) is 10.9. The van der Waals surface area contributed by atoms with Gasteiger partial charge in [0.1, 0.15) is 12.4 Å². The second kappa shape index (κ2) is 7.96. The number of carboxylic acids is 1. The minimum atomic E-state index is -0.970. The molecule has 0 heterocycles. The third-order valence-electron chi connectivity index (χ3n) is 2.17. The summed E-state index contributed by atoms with van der Waals surface area (Å²) >= 11 is 3.39. The van der Waals surface area contributed by atoms with Gasteiger partial charge in [-0.05, 0) is 53.5 Å². The van der Waals surface area contributed by atoms with E-state index in [1.807, 2.05) is 13.8 Å². The summed E-state index contributed by atoms with van der Waals surface area (Å²) in [5.41, 5.74) is 0.792. The highest BCUT2D eigenvalue weighted by molar-refractivity contribution is 9.10. The van der Waals surface area contributed by atoms with Crippen molar-refractivity contribution in [1.82, 2.24) is 0 Å². The van der Waals surface area contributed by atoms with E-state index in [9.17, 15) is 4.79 Å². The Labute approximate surface area is 121 Å². The summed E-state index contributed by atoms with van der Waals surface area (Å²) in [5, 5.41) is 8.55. The summed E-state index contributed by atoms with van der Waals surface area (Å²) in [6.07, 6.45) is 2.81. The van der Waals surface area contributed by atoms with Gasteiger partial charge in [-0.15, -0.1) is 0 Å². The van der Waals surface area contributed by atoms with Crippen molar-refractivity contribution in [3.05, 3.63) is 34.3 Å². The maximum absolute atomic E-state index is 10.4. The highest BCUT2D eigenvalue weighted by Gasteiger charge is 2.02. The van der Waals surface area contributed by atoms with Crippen LogP contribution in [0.1, 0.15) is 19.4 Å². The molecule has 0 aliphatic carbocycles. The standard InChI is InChI=1S/C14H17BrO4/c1-10(2)18-7-8-19-13-5-3-11(9-12(13)15)4-6-14(16)17/h3-6,9-10H,7-8H2,1-2H3,(H,16,17). The lowest BCUT2D eigenvalue weighted by Gasteiger charge is -2.10. The van der Waals surface area contributed by atoms with E-state index in [0.717, 1.165) is 16.1 Å². The van der Waals surface area contributed by atoms with Crippen LogP contribution in [0.15, 0.2) is 28.7 Å². The minimum Gasteiger partial charge on any atom is -0.490 e. The Kier molecular flexibility index (Phi) is 6.59. The monoisotopic (exact) mass is 328 g/mol. The van der Waals surface area contributed by atoms with Crippen molar-refractivity contribution in [3.63, 3.8) is 0 Å². The molecule has 0 fully saturated rings. The quantitative estimate of drug-likeness (QED) is 0.616. The third kappa shape index (κ3) is 6.40. The van der Waals surface area contributed by atoms with Crippen LogP contribution >= 0.6 is 15.9 Å². The van der Waals surface area contributed by atoms with Crippen molar-refractivity contribution in [3.8, 4) is 5.75 Å². The Balaban J connectivity index is 2.55. The van der Waals surface area contributed by atoms with E-state index in [-0.39, 0.29) is 6.10 Å². The maximum atomic E-state index is 10.4. The largest absolute Gasteiger partial charge is 0.490 e. The molecule has 1 rings (SSSR count). The predicted octanol–water partition coefficient (Wildman–Crippen LogP) is 3.35. The van der Waals surface area contributed by atoms with Gasteiger partial charge >= 0.3 is 5.97 Å². The van der Waals surface area contributed by atoms with E-state index in [0.29, 0.717) is 19.0 Å². The Morgan fingerprint density at radius 3 is 2.74 bits per heavy atom. The zero-order valence-corrected chi connectivity index (χ0v) is 12.5. The topological polar surface area (TPSA) is 55.8 Å². The lowest BCUT2D eigenvalue weighted by atomic mass is 10.2. The molecule has 4 nitrogen and oxygen atoms in total. The third-order valence-corrected chi connectivity index (χ3v) is 2.79. The molecule has 0 saturated carbocycles. The fourth-order valence-corrected chi connectivity index (χ4v) is 1.85. The van der Waals surface area contributed by atoms with Crippen LogP contribution in [0.25, 0.3) is 6.08 Å². The molecule has 104 valence electrons. The van der Waals surface area contributed by atoms with Gasteiger partial charge in [-0.25, -0.2) is 4.79 Å². The van der Waals surface area contributed by atoms with Crippen LogP contribution in [-0.2, 0) is 9.53 Å². The number of carboxylic acid groups (broad SMARTS) is 1. The summed E-state index contributed by atoms with van der Waals surface area (Å²) in [5.74, 6) is -0.262. The van der Waals surface area contributed by atoms with E-state index in [1.54, 1.807) is 18.2 Å². The van der Waals surface area contributed by atoms with Crippen molar-refractivity contribution >= 4 is 28.0 Å². The summed E-state index contributed by atoms with van der Waals surface area (Å²) < 4.78 is 11.7. The molecule has 19 heavy (non-hydrogen) atoms. The predicted molar refractivity (Wildman–Crippen MR) is 77.4 cm³/mol. The SMILES string of the molecule is CC(C)OCCOc1ccc(C=CC(=O)O)cc1Br. The molecule has 0 radical (unpaired) electrons. The van der Waals surface area contributed by atoms with Crippen LogP contribution in [0.4, 0.5) is 0 Å². The lowest BCUT2D eigenvalue weighted by Crippen LogP contribution is -2.11. The molecule has 0 aliphatic heterocycles. The molecule has 0 aliphatic rings. The number of hydrogen-bond donors (Lipinski definition) is 1. The Morgan fingerprint density at radius 2 is 2.16 bits per heavy atom. The van der Waals surface area contributed by atoms with Crippen molar-refractivity contribution in [2.45, 2.75) is 20.0 Å². The first-order chi connectivity index (χ1) is 8.99. The Bertz CT molecular complexity index is 455. The van der Waals surface area contributed by atoms with Gasteiger partial charge in [0.15, 0.2) is 0 Å². The summed E-state index contributed by atoms with van der Waals surface area (Å²) in [7, 11) is 0. The highest BCUT2D eigenvalue weighted by atomic mass is 79.9. The van der Waals surface area contributed by atoms with Gasteiger partial charge in [-0.2, -0.15) is 0 Å². The van der Waals surface area contributed by atoms with E-state index in [1.165, 1.54) is 6.08 Å². The summed E-state index contributed by atoms with van der Waals surface area (Å²) in [4.78, 5) is 10.4. The van der Waals surface area contributed by atoms with Crippen LogP contribution < -0.4 is 4.74 Å². The average molecular weight is 329 g/mol. The number of ether oxygens (including phenoxy) is 2. The first kappa shape index (κ1) is 15.7. The second-order valence-electron chi connectivity index (χ2n) is 4.13. The van der Waals surface area contributed by atoms with Crippen molar-refractivity contribution in [2.75, 3.05) is 13.2 Å². The number of rotatable bonds is 7. The highest BCUT2D eigenvalue weighted by Crippen LogP contribution is 2.26. The molecule has 0 spiro atoms. The fraction of sp³-hybridized carbons (Fsp3) is 0.357. The van der Waals surface area contributed by atoms with Gasteiger partial charge in [0.25, 0.3) is 0 Å². The molecule has 0 amide bonds. The van der Waals surface area contributed by atoms with Crippen molar-refractivity contribution < 1.29 is 19.4 Å². The number of carbonyl (C=O) groups is 1. The normalized spacial score (nSPS) is 11.2. The van der Waals surface area contributed by atoms with Crippen molar-refractivity contribution in [1.29, 1.82) is 0 Å².